The quantitative estimate of drug-likeness (QED) is 0.779. The number of ether oxygens (including phenoxy) is 1. The van der Waals surface area contributed by atoms with Crippen molar-refractivity contribution in [3.05, 3.63) is 0 Å². The number of hydrogen-bond donors (Lipinski definition) is 2. The van der Waals surface area contributed by atoms with E-state index in [0.717, 1.165) is 12.8 Å². The van der Waals surface area contributed by atoms with E-state index in [1.54, 1.807) is 0 Å². The van der Waals surface area contributed by atoms with Crippen molar-refractivity contribution in [3.8, 4) is 0 Å². The highest BCUT2D eigenvalue weighted by Crippen LogP contribution is 2.15. The number of hydrogen-bond acceptors (Lipinski definition) is 3. The highest BCUT2D eigenvalue weighted by Gasteiger charge is 2.29. The van der Waals surface area contributed by atoms with Gasteiger partial charge >= 0.3 is 12.0 Å². The van der Waals surface area contributed by atoms with Gasteiger partial charge in [0.25, 0.3) is 0 Å². The predicted molar refractivity (Wildman–Crippen MR) is 75.6 cm³/mol. The minimum atomic E-state index is -0.822. The molecule has 3 unspecified atom stereocenters. The molecule has 116 valence electrons. The number of amides is 2. The van der Waals surface area contributed by atoms with Gasteiger partial charge in [0.1, 0.15) is 0 Å². The van der Waals surface area contributed by atoms with Gasteiger partial charge in [-0.05, 0) is 19.3 Å². The molecule has 1 aliphatic heterocycles. The summed E-state index contributed by atoms with van der Waals surface area (Å²) in [6, 6.07) is -0.0124. The minimum absolute atomic E-state index is 0.0185. The van der Waals surface area contributed by atoms with Crippen molar-refractivity contribution >= 4 is 12.0 Å². The SMILES string of the molecule is CCC(CNC(=O)N1CC(C)OCC1CC)CC(=O)O. The van der Waals surface area contributed by atoms with E-state index in [4.69, 9.17) is 9.84 Å². The van der Waals surface area contributed by atoms with Gasteiger partial charge in [-0.2, -0.15) is 0 Å². The van der Waals surface area contributed by atoms with Gasteiger partial charge < -0.3 is 20.1 Å². The van der Waals surface area contributed by atoms with E-state index in [-0.39, 0.29) is 30.5 Å². The summed E-state index contributed by atoms with van der Waals surface area (Å²) in [4.78, 5) is 24.8. The molecule has 0 aromatic heterocycles. The van der Waals surface area contributed by atoms with Crippen molar-refractivity contribution < 1.29 is 19.4 Å². The zero-order chi connectivity index (χ0) is 15.1. The predicted octanol–water partition coefficient (Wildman–Crippen LogP) is 1.70. The summed E-state index contributed by atoms with van der Waals surface area (Å²) in [5.41, 5.74) is 0. The van der Waals surface area contributed by atoms with Crippen LogP contribution in [0.2, 0.25) is 0 Å². The number of urea groups is 1. The van der Waals surface area contributed by atoms with Gasteiger partial charge in [0.2, 0.25) is 0 Å². The normalized spacial score (nSPS) is 24.2. The van der Waals surface area contributed by atoms with Crippen LogP contribution in [0.4, 0.5) is 4.79 Å². The Kier molecular flexibility index (Phi) is 6.78. The average Bonchev–Trinajstić information content (AvgIpc) is 2.42. The van der Waals surface area contributed by atoms with Crippen molar-refractivity contribution in [2.75, 3.05) is 19.7 Å². The van der Waals surface area contributed by atoms with Crippen LogP contribution in [0, 0.1) is 5.92 Å². The standard InChI is InChI=1S/C14H26N2O4/c1-4-11(6-13(17)18)7-15-14(19)16-8-10(3)20-9-12(16)5-2/h10-12H,4-9H2,1-3H3,(H,15,19)(H,17,18). The second kappa shape index (κ2) is 8.09. The van der Waals surface area contributed by atoms with Gasteiger partial charge in [0.15, 0.2) is 0 Å². The molecule has 20 heavy (non-hydrogen) atoms. The third-order valence-corrected chi connectivity index (χ3v) is 3.78. The Morgan fingerprint density at radius 3 is 2.70 bits per heavy atom. The van der Waals surface area contributed by atoms with Crippen molar-refractivity contribution in [1.29, 1.82) is 0 Å². The molecule has 3 atom stereocenters. The molecule has 6 heteroatoms. The molecule has 1 aliphatic rings. The van der Waals surface area contributed by atoms with E-state index in [2.05, 4.69) is 5.32 Å². The zero-order valence-corrected chi connectivity index (χ0v) is 12.6. The maximum Gasteiger partial charge on any atom is 0.317 e. The number of carboxylic acid groups (broad SMARTS) is 1. The topological polar surface area (TPSA) is 78.9 Å². The molecular formula is C14H26N2O4. The summed E-state index contributed by atoms with van der Waals surface area (Å²) >= 11 is 0. The number of nitrogens with zero attached hydrogens (tertiary/aromatic N) is 1. The molecule has 0 aromatic carbocycles. The third-order valence-electron chi connectivity index (χ3n) is 3.78. The average molecular weight is 286 g/mol. The van der Waals surface area contributed by atoms with E-state index in [1.807, 2.05) is 25.7 Å². The number of carbonyl (C=O) groups excluding carboxylic acids is 1. The number of morpholine rings is 1. The number of carbonyl (C=O) groups is 2. The minimum Gasteiger partial charge on any atom is -0.481 e. The number of carboxylic acids is 1. The molecule has 1 saturated heterocycles. The van der Waals surface area contributed by atoms with Crippen LogP contribution in [0.15, 0.2) is 0 Å². The molecule has 0 aliphatic carbocycles. The van der Waals surface area contributed by atoms with Crippen LogP contribution in [-0.2, 0) is 9.53 Å². The highest BCUT2D eigenvalue weighted by molar-refractivity contribution is 5.75. The fraction of sp³-hybridized carbons (Fsp3) is 0.857. The molecule has 0 saturated carbocycles. The second-order valence-electron chi connectivity index (χ2n) is 5.42. The summed E-state index contributed by atoms with van der Waals surface area (Å²) < 4.78 is 5.56. The number of rotatable bonds is 6. The van der Waals surface area contributed by atoms with Crippen molar-refractivity contribution in [2.45, 2.75) is 52.2 Å². The van der Waals surface area contributed by atoms with Gasteiger partial charge in [0, 0.05) is 19.5 Å². The molecule has 1 rings (SSSR count). The Labute approximate surface area is 120 Å². The Morgan fingerprint density at radius 2 is 2.15 bits per heavy atom. The fourth-order valence-corrected chi connectivity index (χ4v) is 2.37. The molecule has 0 aromatic rings. The summed E-state index contributed by atoms with van der Waals surface area (Å²) in [7, 11) is 0. The van der Waals surface area contributed by atoms with E-state index in [9.17, 15) is 9.59 Å². The van der Waals surface area contributed by atoms with Crippen LogP contribution in [-0.4, -0.2) is 53.8 Å². The van der Waals surface area contributed by atoms with Crippen molar-refractivity contribution in [1.82, 2.24) is 10.2 Å². The first-order valence-electron chi connectivity index (χ1n) is 7.35. The van der Waals surface area contributed by atoms with Crippen LogP contribution in [0.5, 0.6) is 0 Å². The Bertz CT molecular complexity index is 335. The van der Waals surface area contributed by atoms with Crippen LogP contribution >= 0.6 is 0 Å². The van der Waals surface area contributed by atoms with E-state index in [1.165, 1.54) is 0 Å². The Balaban J connectivity index is 2.49. The number of nitrogens with one attached hydrogen (secondary N) is 1. The van der Waals surface area contributed by atoms with Crippen molar-refractivity contribution in [2.24, 2.45) is 5.92 Å². The molecular weight excluding hydrogens is 260 g/mol. The molecule has 1 fully saturated rings. The summed E-state index contributed by atoms with van der Waals surface area (Å²) in [5, 5.41) is 11.7. The van der Waals surface area contributed by atoms with Crippen LogP contribution in [0.25, 0.3) is 0 Å². The van der Waals surface area contributed by atoms with Gasteiger partial charge in [-0.3, -0.25) is 4.79 Å². The largest absolute Gasteiger partial charge is 0.481 e. The summed E-state index contributed by atoms with van der Waals surface area (Å²) in [6.45, 7) is 7.47. The molecule has 2 amide bonds. The van der Waals surface area contributed by atoms with Gasteiger partial charge in [-0.1, -0.05) is 20.3 Å². The maximum absolute atomic E-state index is 12.2. The maximum atomic E-state index is 12.2. The molecule has 2 N–H and O–H groups in total. The molecule has 0 spiro atoms. The third kappa shape index (κ3) is 5.00. The van der Waals surface area contributed by atoms with Crippen LogP contribution in [0.1, 0.15) is 40.0 Å². The van der Waals surface area contributed by atoms with Gasteiger partial charge in [-0.15, -0.1) is 0 Å². The highest BCUT2D eigenvalue weighted by atomic mass is 16.5. The van der Waals surface area contributed by atoms with Gasteiger partial charge in [0.05, 0.1) is 18.8 Å². The lowest BCUT2D eigenvalue weighted by Gasteiger charge is -2.38. The molecule has 0 radical (unpaired) electrons. The van der Waals surface area contributed by atoms with E-state index in [0.29, 0.717) is 19.7 Å². The first kappa shape index (κ1) is 16.8. The first-order valence-corrected chi connectivity index (χ1v) is 7.35. The lowest BCUT2D eigenvalue weighted by molar-refractivity contribution is -0.138. The fourth-order valence-electron chi connectivity index (χ4n) is 2.37. The lowest BCUT2D eigenvalue weighted by Crippen LogP contribution is -2.55. The second-order valence-corrected chi connectivity index (χ2v) is 5.42. The molecule has 6 nitrogen and oxygen atoms in total. The Hall–Kier alpha value is -1.30. The summed E-state index contributed by atoms with van der Waals surface area (Å²) in [5.74, 6) is -0.840. The zero-order valence-electron chi connectivity index (χ0n) is 12.6. The molecule has 0 bridgehead atoms. The number of aliphatic carboxylic acids is 1. The summed E-state index contributed by atoms with van der Waals surface area (Å²) in [6.07, 6.45) is 1.73. The van der Waals surface area contributed by atoms with E-state index >= 15 is 0 Å². The van der Waals surface area contributed by atoms with Crippen molar-refractivity contribution in [3.63, 3.8) is 0 Å². The smallest absolute Gasteiger partial charge is 0.317 e. The molecule has 1 heterocycles. The van der Waals surface area contributed by atoms with Crippen LogP contribution in [0.3, 0.4) is 0 Å². The van der Waals surface area contributed by atoms with Gasteiger partial charge in [-0.25, -0.2) is 4.79 Å². The Morgan fingerprint density at radius 1 is 1.45 bits per heavy atom. The first-order chi connectivity index (χ1) is 9.47. The van der Waals surface area contributed by atoms with E-state index < -0.39 is 5.97 Å². The monoisotopic (exact) mass is 286 g/mol. The lowest BCUT2D eigenvalue weighted by atomic mass is 10.0. The van der Waals surface area contributed by atoms with Crippen LogP contribution < -0.4 is 5.32 Å².